The maximum Gasteiger partial charge on any atom is 0.336 e. The van der Waals surface area contributed by atoms with Crippen molar-refractivity contribution in [2.75, 3.05) is 18.1 Å². The van der Waals surface area contributed by atoms with Crippen LogP contribution in [0.4, 0.5) is 10.5 Å². The molecule has 0 bridgehead atoms. The van der Waals surface area contributed by atoms with Gasteiger partial charge in [0.15, 0.2) is 0 Å². The summed E-state index contributed by atoms with van der Waals surface area (Å²) in [4.78, 5) is 40.3. The number of rotatable bonds is 11. The normalized spacial score (nSPS) is 14.1. The van der Waals surface area contributed by atoms with E-state index in [4.69, 9.17) is 14.2 Å². The van der Waals surface area contributed by atoms with E-state index in [2.05, 4.69) is 30.1 Å². The molecule has 0 unspecified atom stereocenters. The number of barbiturate groups is 1. The molecule has 0 spiro atoms. The highest BCUT2D eigenvalue weighted by Crippen LogP contribution is 2.35. The predicted molar refractivity (Wildman–Crippen MR) is 166 cm³/mol. The molecule has 0 aliphatic carbocycles. The van der Waals surface area contributed by atoms with Crippen LogP contribution in [0.5, 0.6) is 17.2 Å². The number of anilines is 1. The molecule has 1 aliphatic rings. The first-order valence-electron chi connectivity index (χ1n) is 14.1. The van der Waals surface area contributed by atoms with Crippen LogP contribution in [0.15, 0.2) is 97.1 Å². The van der Waals surface area contributed by atoms with Gasteiger partial charge in [-0.25, -0.2) is 9.69 Å². The van der Waals surface area contributed by atoms with E-state index in [1.807, 2.05) is 43.3 Å². The molecule has 1 N–H and O–H groups in total. The number of carbonyl (C=O) groups is 3. The zero-order valence-electron chi connectivity index (χ0n) is 24.1. The molecular weight excluding hydrogens is 544 g/mol. The number of ether oxygens (including phenoxy) is 3. The van der Waals surface area contributed by atoms with Gasteiger partial charge in [0.2, 0.25) is 0 Å². The van der Waals surface area contributed by atoms with Gasteiger partial charge in [0.1, 0.15) is 29.4 Å². The summed E-state index contributed by atoms with van der Waals surface area (Å²) in [5, 5.41) is 4.53. The SMILES string of the molecule is C=CCc1cc(/C=C2\C(=O)NC(=O)N(c3cc(OCC)ccc3OCC)C2=O)ccc1OCc1cccc2ccccc12. The van der Waals surface area contributed by atoms with Crippen LogP contribution in [-0.2, 0) is 22.6 Å². The van der Waals surface area contributed by atoms with E-state index in [0.717, 1.165) is 26.8 Å². The Balaban J connectivity index is 1.45. The van der Waals surface area contributed by atoms with Crippen LogP contribution in [0.1, 0.15) is 30.5 Å². The van der Waals surface area contributed by atoms with Gasteiger partial charge >= 0.3 is 6.03 Å². The second-order valence-electron chi connectivity index (χ2n) is 9.74. The zero-order chi connectivity index (χ0) is 30.3. The Hall–Kier alpha value is -5.37. The van der Waals surface area contributed by atoms with Gasteiger partial charge in [-0.1, -0.05) is 54.6 Å². The molecule has 43 heavy (non-hydrogen) atoms. The number of benzene rings is 4. The second-order valence-corrected chi connectivity index (χ2v) is 9.74. The first kappa shape index (κ1) is 29.1. The van der Waals surface area contributed by atoms with Crippen molar-refractivity contribution in [1.82, 2.24) is 5.32 Å². The Morgan fingerprint density at radius 2 is 1.58 bits per heavy atom. The molecule has 1 aliphatic heterocycles. The van der Waals surface area contributed by atoms with Gasteiger partial charge in [-0.3, -0.25) is 14.9 Å². The topological polar surface area (TPSA) is 94.2 Å². The molecule has 0 aromatic heterocycles. The Morgan fingerprint density at radius 3 is 2.37 bits per heavy atom. The number of urea groups is 1. The lowest BCUT2D eigenvalue weighted by Crippen LogP contribution is -2.54. The van der Waals surface area contributed by atoms with Crippen molar-refractivity contribution in [3.63, 3.8) is 0 Å². The summed E-state index contributed by atoms with van der Waals surface area (Å²) < 4.78 is 17.5. The number of imide groups is 2. The fourth-order valence-corrected chi connectivity index (χ4v) is 4.97. The average Bonchev–Trinajstić information content (AvgIpc) is 3.00. The number of nitrogens with zero attached hydrogens (tertiary/aromatic N) is 1. The molecule has 4 aromatic rings. The van der Waals surface area contributed by atoms with Gasteiger partial charge < -0.3 is 14.2 Å². The maximum atomic E-state index is 13.7. The minimum absolute atomic E-state index is 0.179. The first-order chi connectivity index (χ1) is 20.9. The predicted octanol–water partition coefficient (Wildman–Crippen LogP) is 6.61. The summed E-state index contributed by atoms with van der Waals surface area (Å²) in [5.41, 5.74) is 2.47. The third-order valence-corrected chi connectivity index (χ3v) is 6.91. The van der Waals surface area contributed by atoms with Crippen molar-refractivity contribution in [2.45, 2.75) is 26.9 Å². The highest BCUT2D eigenvalue weighted by Gasteiger charge is 2.38. The Bertz CT molecular complexity index is 1740. The van der Waals surface area contributed by atoms with Crippen LogP contribution in [-0.4, -0.2) is 31.1 Å². The summed E-state index contributed by atoms with van der Waals surface area (Å²) in [7, 11) is 0. The molecule has 0 atom stereocenters. The number of hydrogen-bond donors (Lipinski definition) is 1. The third kappa shape index (κ3) is 6.28. The van der Waals surface area contributed by atoms with Crippen molar-refractivity contribution >= 4 is 40.4 Å². The van der Waals surface area contributed by atoms with Crippen molar-refractivity contribution in [2.24, 2.45) is 0 Å². The van der Waals surface area contributed by atoms with Gasteiger partial charge in [0, 0.05) is 6.07 Å². The lowest BCUT2D eigenvalue weighted by molar-refractivity contribution is -0.122. The number of amides is 4. The van der Waals surface area contributed by atoms with Crippen molar-refractivity contribution in [3.05, 3.63) is 114 Å². The quantitative estimate of drug-likeness (QED) is 0.123. The summed E-state index contributed by atoms with van der Waals surface area (Å²) in [6.07, 6.45) is 3.73. The minimum Gasteiger partial charge on any atom is -0.494 e. The Labute approximate surface area is 250 Å². The average molecular weight is 577 g/mol. The molecule has 5 rings (SSSR count). The van der Waals surface area contributed by atoms with Gasteiger partial charge in [0.05, 0.1) is 18.9 Å². The zero-order valence-corrected chi connectivity index (χ0v) is 24.1. The molecule has 4 amide bonds. The van der Waals surface area contributed by atoms with E-state index in [1.165, 1.54) is 6.08 Å². The van der Waals surface area contributed by atoms with Crippen molar-refractivity contribution in [1.29, 1.82) is 0 Å². The number of hydrogen-bond acceptors (Lipinski definition) is 6. The maximum absolute atomic E-state index is 13.7. The number of carbonyl (C=O) groups excluding carboxylic acids is 3. The summed E-state index contributed by atoms with van der Waals surface area (Å²) in [5.74, 6) is -0.127. The summed E-state index contributed by atoms with van der Waals surface area (Å²) in [6, 6.07) is 23.7. The summed E-state index contributed by atoms with van der Waals surface area (Å²) >= 11 is 0. The van der Waals surface area contributed by atoms with Gasteiger partial charge in [-0.15, -0.1) is 6.58 Å². The molecule has 1 fully saturated rings. The molecule has 0 saturated carbocycles. The Kier molecular flexibility index (Phi) is 8.86. The van der Waals surface area contributed by atoms with Crippen molar-refractivity contribution in [3.8, 4) is 17.2 Å². The molecule has 8 heteroatoms. The van der Waals surface area contributed by atoms with Crippen LogP contribution in [0.25, 0.3) is 16.8 Å². The van der Waals surface area contributed by atoms with Crippen LogP contribution < -0.4 is 24.4 Å². The van der Waals surface area contributed by atoms with Crippen LogP contribution >= 0.6 is 0 Å². The Morgan fingerprint density at radius 1 is 0.814 bits per heavy atom. The molecule has 1 saturated heterocycles. The smallest absolute Gasteiger partial charge is 0.336 e. The third-order valence-electron chi connectivity index (χ3n) is 6.91. The number of allylic oxidation sites excluding steroid dienone is 1. The lowest BCUT2D eigenvalue weighted by atomic mass is 10.0. The largest absolute Gasteiger partial charge is 0.494 e. The number of nitrogens with one attached hydrogen (secondary N) is 1. The monoisotopic (exact) mass is 576 g/mol. The van der Waals surface area contributed by atoms with E-state index < -0.39 is 17.8 Å². The highest BCUT2D eigenvalue weighted by molar-refractivity contribution is 6.39. The number of fused-ring (bicyclic) bond motifs is 1. The van der Waals surface area contributed by atoms with Crippen LogP contribution in [0.2, 0.25) is 0 Å². The van der Waals surface area contributed by atoms with Gasteiger partial charge in [-0.05, 0) is 78.1 Å². The van der Waals surface area contributed by atoms with Gasteiger partial charge in [-0.2, -0.15) is 0 Å². The molecule has 1 heterocycles. The highest BCUT2D eigenvalue weighted by atomic mass is 16.5. The van der Waals surface area contributed by atoms with E-state index in [9.17, 15) is 14.4 Å². The van der Waals surface area contributed by atoms with Crippen LogP contribution in [0, 0.1) is 0 Å². The fourth-order valence-electron chi connectivity index (χ4n) is 4.97. The first-order valence-corrected chi connectivity index (χ1v) is 14.1. The molecule has 218 valence electrons. The van der Waals surface area contributed by atoms with Gasteiger partial charge in [0.25, 0.3) is 11.8 Å². The minimum atomic E-state index is -0.869. The molecule has 8 nitrogen and oxygen atoms in total. The van der Waals surface area contributed by atoms with E-state index >= 15 is 0 Å². The lowest BCUT2D eigenvalue weighted by Gasteiger charge is -2.28. The van der Waals surface area contributed by atoms with E-state index in [-0.39, 0.29) is 11.3 Å². The molecule has 4 aromatic carbocycles. The second kappa shape index (κ2) is 13.1. The van der Waals surface area contributed by atoms with Crippen LogP contribution in [0.3, 0.4) is 0 Å². The fraction of sp³-hybridized carbons (Fsp3) is 0.171. The standard InChI is InChI=1S/C35H32N2O6/c1-4-10-25-19-23(15-17-31(25)43-22-26-13-9-12-24-11-7-8-14-28(24)26)20-29-33(38)36-35(40)37(34(29)39)30-21-27(41-5-2)16-18-32(30)42-6-3/h4,7-9,11-21H,1,5-6,10,22H2,2-3H3,(H,36,38,40)/b29-20+. The molecule has 0 radical (unpaired) electrons. The van der Waals surface area contributed by atoms with Crippen molar-refractivity contribution < 1.29 is 28.6 Å². The molecular formula is C35H32N2O6. The summed E-state index contributed by atoms with van der Waals surface area (Å²) in [6.45, 7) is 8.56. The van der Waals surface area contributed by atoms with E-state index in [0.29, 0.717) is 49.1 Å². The van der Waals surface area contributed by atoms with E-state index in [1.54, 1.807) is 37.3 Å².